The zero-order valence-electron chi connectivity index (χ0n) is 10.8. The molecule has 0 aliphatic rings. The fourth-order valence-corrected chi connectivity index (χ4v) is 1.34. The number of hydrogen-bond donors (Lipinski definition) is 1. The third-order valence-corrected chi connectivity index (χ3v) is 2.47. The van der Waals surface area contributed by atoms with Crippen LogP contribution in [0.15, 0.2) is 41.9 Å². The highest BCUT2D eigenvalue weighted by molar-refractivity contribution is 7.78. The minimum atomic E-state index is 0.287. The van der Waals surface area contributed by atoms with Crippen molar-refractivity contribution in [3.63, 3.8) is 0 Å². The molecule has 2 rings (SSSR count). The van der Waals surface area contributed by atoms with Gasteiger partial charge in [0.1, 0.15) is 5.55 Å². The second-order valence-electron chi connectivity index (χ2n) is 3.23. The Morgan fingerprint density at radius 2 is 2.05 bits per heavy atom. The summed E-state index contributed by atoms with van der Waals surface area (Å²) in [6.45, 7) is 0.287. The third-order valence-electron chi connectivity index (χ3n) is 1.85. The van der Waals surface area contributed by atoms with Crippen molar-refractivity contribution in [3.8, 4) is 0 Å². The molecule has 104 valence electrons. The normalized spacial score (nSPS) is 8.32. The van der Waals surface area contributed by atoms with Crippen LogP contribution in [0.25, 0.3) is 0 Å². The number of ether oxygens (including phenoxy) is 1. The van der Waals surface area contributed by atoms with Crippen LogP contribution in [0.3, 0.4) is 0 Å². The lowest BCUT2D eigenvalue weighted by Gasteiger charge is -1.96. The van der Waals surface area contributed by atoms with Gasteiger partial charge in [-0.2, -0.15) is 0 Å². The summed E-state index contributed by atoms with van der Waals surface area (Å²) in [5.74, 6) is 0. The fraction of sp³-hybridized carbons (Fsp3) is 0.308. The predicted molar refractivity (Wildman–Crippen MR) is 82.4 cm³/mol. The van der Waals surface area contributed by atoms with Crippen LogP contribution in [0.2, 0.25) is 0 Å². The number of aromatic nitrogens is 2. The lowest BCUT2D eigenvalue weighted by Crippen LogP contribution is -1.87. The SMILES string of the molecule is COC=S.OCCCc1ccccc1.c1csnn1. The molecule has 19 heavy (non-hydrogen) atoms. The van der Waals surface area contributed by atoms with Crippen molar-refractivity contribution in [2.24, 2.45) is 0 Å². The van der Waals surface area contributed by atoms with Crippen molar-refractivity contribution in [2.75, 3.05) is 13.7 Å². The number of aliphatic hydroxyl groups excluding tert-OH is 1. The number of benzene rings is 1. The first-order valence-corrected chi connectivity index (χ1v) is 6.98. The van der Waals surface area contributed by atoms with E-state index in [1.54, 1.807) is 6.20 Å². The standard InChI is InChI=1S/C9H12O.C2H2N2S.C2H4OS/c10-8-4-7-9-5-2-1-3-6-9;1-2-5-4-3-1;1-3-2-4/h1-3,5-6,10H,4,7-8H2;1-2H;2H,1H3. The molecule has 2 aromatic rings. The van der Waals surface area contributed by atoms with Gasteiger partial charge in [0.15, 0.2) is 0 Å². The molecule has 0 atom stereocenters. The first-order chi connectivity index (χ1) is 9.35. The summed E-state index contributed by atoms with van der Waals surface area (Å²) < 4.78 is 7.75. The van der Waals surface area contributed by atoms with Gasteiger partial charge in [0.2, 0.25) is 0 Å². The molecule has 0 aliphatic carbocycles. The van der Waals surface area contributed by atoms with E-state index < -0.39 is 0 Å². The van der Waals surface area contributed by atoms with Crippen LogP contribution >= 0.6 is 23.8 Å². The molecule has 0 unspecified atom stereocenters. The monoisotopic (exact) mass is 298 g/mol. The van der Waals surface area contributed by atoms with Crippen molar-refractivity contribution in [3.05, 3.63) is 47.5 Å². The minimum absolute atomic E-state index is 0.287. The molecule has 6 heteroatoms. The zero-order valence-corrected chi connectivity index (χ0v) is 12.4. The van der Waals surface area contributed by atoms with Crippen LogP contribution in [0.4, 0.5) is 0 Å². The van der Waals surface area contributed by atoms with Gasteiger partial charge in [-0.25, -0.2) is 0 Å². The number of aliphatic hydroxyl groups is 1. The van der Waals surface area contributed by atoms with E-state index >= 15 is 0 Å². The Morgan fingerprint density at radius 1 is 1.37 bits per heavy atom. The minimum Gasteiger partial charge on any atom is -0.493 e. The Balaban J connectivity index is 0.000000300. The Hall–Kier alpha value is -1.37. The average Bonchev–Trinajstić information content (AvgIpc) is 3.06. The van der Waals surface area contributed by atoms with Gasteiger partial charge in [-0.15, -0.1) is 5.10 Å². The third kappa shape index (κ3) is 12.9. The lowest BCUT2D eigenvalue weighted by molar-refractivity contribution is 0.288. The van der Waals surface area contributed by atoms with Crippen molar-refractivity contribution < 1.29 is 9.84 Å². The van der Waals surface area contributed by atoms with E-state index in [1.165, 1.54) is 29.8 Å². The quantitative estimate of drug-likeness (QED) is 0.880. The van der Waals surface area contributed by atoms with Crippen LogP contribution < -0.4 is 0 Å². The summed E-state index contributed by atoms with van der Waals surface area (Å²) in [4.78, 5) is 0. The van der Waals surface area contributed by atoms with E-state index in [1.807, 2.05) is 23.6 Å². The summed E-state index contributed by atoms with van der Waals surface area (Å²) in [6, 6.07) is 10.2. The van der Waals surface area contributed by atoms with Crippen LogP contribution in [-0.4, -0.2) is 34.0 Å². The second-order valence-corrected chi connectivity index (χ2v) is 4.07. The van der Waals surface area contributed by atoms with Gasteiger partial charge in [-0.3, -0.25) is 0 Å². The summed E-state index contributed by atoms with van der Waals surface area (Å²) >= 11 is 5.56. The average molecular weight is 298 g/mol. The maximum atomic E-state index is 8.53. The van der Waals surface area contributed by atoms with Gasteiger partial charge >= 0.3 is 0 Å². The molecule has 0 radical (unpaired) electrons. The van der Waals surface area contributed by atoms with E-state index in [4.69, 9.17) is 5.11 Å². The van der Waals surface area contributed by atoms with Gasteiger partial charge in [0.05, 0.1) is 13.3 Å². The van der Waals surface area contributed by atoms with Gasteiger partial charge < -0.3 is 9.84 Å². The summed E-state index contributed by atoms with van der Waals surface area (Å²) in [5.41, 5.74) is 2.51. The highest BCUT2D eigenvalue weighted by atomic mass is 32.1. The Morgan fingerprint density at radius 3 is 2.42 bits per heavy atom. The molecular formula is C13H18N2O2S2. The Kier molecular flexibility index (Phi) is 13.6. The lowest BCUT2D eigenvalue weighted by atomic mass is 10.1. The number of thiocarbonyl (C=S) groups is 1. The van der Waals surface area contributed by atoms with Crippen LogP contribution in [-0.2, 0) is 11.2 Å². The largest absolute Gasteiger partial charge is 0.493 e. The topological polar surface area (TPSA) is 55.2 Å². The zero-order chi connectivity index (χ0) is 14.2. The van der Waals surface area contributed by atoms with E-state index in [0.29, 0.717) is 0 Å². The number of rotatable bonds is 4. The van der Waals surface area contributed by atoms with E-state index in [2.05, 4.69) is 38.7 Å². The number of methoxy groups -OCH3 is 1. The fourth-order valence-electron chi connectivity index (χ4n) is 1.06. The van der Waals surface area contributed by atoms with Gasteiger partial charge in [0, 0.05) is 12.0 Å². The van der Waals surface area contributed by atoms with Crippen molar-refractivity contribution >= 4 is 29.3 Å². The Bertz CT molecular complexity index is 366. The van der Waals surface area contributed by atoms with Crippen LogP contribution in [0.1, 0.15) is 12.0 Å². The van der Waals surface area contributed by atoms with Crippen LogP contribution in [0, 0.1) is 0 Å². The van der Waals surface area contributed by atoms with Crippen molar-refractivity contribution in [1.29, 1.82) is 0 Å². The van der Waals surface area contributed by atoms with Gasteiger partial charge in [0.25, 0.3) is 0 Å². The molecule has 1 aromatic heterocycles. The van der Waals surface area contributed by atoms with Gasteiger partial charge in [-0.1, -0.05) is 34.8 Å². The molecule has 0 saturated carbocycles. The van der Waals surface area contributed by atoms with E-state index in [0.717, 1.165) is 12.8 Å². The second kappa shape index (κ2) is 14.7. The van der Waals surface area contributed by atoms with Crippen molar-refractivity contribution in [2.45, 2.75) is 12.8 Å². The van der Waals surface area contributed by atoms with E-state index in [-0.39, 0.29) is 6.61 Å². The number of hydrogen-bond acceptors (Lipinski definition) is 6. The summed E-state index contributed by atoms with van der Waals surface area (Å²) in [5, 5.41) is 13.8. The molecule has 1 N–H and O–H groups in total. The molecule has 0 amide bonds. The molecule has 4 nitrogen and oxygen atoms in total. The van der Waals surface area contributed by atoms with Gasteiger partial charge in [-0.05, 0) is 42.2 Å². The molecule has 0 aliphatic heterocycles. The molecule has 0 saturated heterocycles. The number of aryl methyl sites for hydroxylation is 1. The number of nitrogens with zero attached hydrogens (tertiary/aromatic N) is 2. The maximum absolute atomic E-state index is 8.53. The first kappa shape index (κ1) is 17.6. The molecular weight excluding hydrogens is 280 g/mol. The van der Waals surface area contributed by atoms with E-state index in [9.17, 15) is 0 Å². The molecule has 0 spiro atoms. The highest BCUT2D eigenvalue weighted by Crippen LogP contribution is 2.00. The molecule has 0 bridgehead atoms. The summed E-state index contributed by atoms with van der Waals surface area (Å²) in [7, 11) is 1.52. The molecule has 0 fully saturated rings. The molecule has 1 heterocycles. The first-order valence-electron chi connectivity index (χ1n) is 5.67. The van der Waals surface area contributed by atoms with Crippen molar-refractivity contribution in [1.82, 2.24) is 9.59 Å². The Labute approximate surface area is 123 Å². The summed E-state index contributed by atoms with van der Waals surface area (Å²) in [6.07, 6.45) is 3.51. The van der Waals surface area contributed by atoms with Crippen LogP contribution in [0.5, 0.6) is 0 Å². The molecule has 1 aromatic carbocycles. The smallest absolute Gasteiger partial charge is 0.145 e. The highest BCUT2D eigenvalue weighted by Gasteiger charge is 1.88. The predicted octanol–water partition coefficient (Wildman–Crippen LogP) is 2.74. The maximum Gasteiger partial charge on any atom is 0.145 e.